The summed E-state index contributed by atoms with van der Waals surface area (Å²) in [5.41, 5.74) is 5.51. The number of amides is 2. The van der Waals surface area contributed by atoms with Gasteiger partial charge in [-0.05, 0) is 18.2 Å². The zero-order chi connectivity index (χ0) is 15.9. The summed E-state index contributed by atoms with van der Waals surface area (Å²) < 4.78 is 5.23. The van der Waals surface area contributed by atoms with Crippen LogP contribution in [0.3, 0.4) is 0 Å². The second-order valence-corrected chi connectivity index (χ2v) is 6.02. The molecule has 1 aromatic heterocycles. The fourth-order valence-electron chi connectivity index (χ4n) is 1.65. The highest BCUT2D eigenvalue weighted by Gasteiger charge is 2.16. The molecule has 2 N–H and O–H groups in total. The Kier molecular flexibility index (Phi) is 5.66. The summed E-state index contributed by atoms with van der Waals surface area (Å²) >= 11 is 1.61. The monoisotopic (exact) mass is 318 g/mol. The van der Waals surface area contributed by atoms with E-state index in [9.17, 15) is 9.59 Å². The minimum Gasteiger partial charge on any atom is -0.459 e. The van der Waals surface area contributed by atoms with Crippen LogP contribution in [0.1, 0.15) is 30.0 Å². The van der Waals surface area contributed by atoms with Crippen LogP contribution in [0.2, 0.25) is 0 Å². The van der Waals surface area contributed by atoms with Crippen molar-refractivity contribution >= 4 is 23.6 Å². The minimum atomic E-state index is -0.456. The van der Waals surface area contributed by atoms with Crippen molar-refractivity contribution in [2.75, 3.05) is 0 Å². The van der Waals surface area contributed by atoms with Gasteiger partial charge < -0.3 is 4.42 Å². The first-order valence-corrected chi connectivity index (χ1v) is 7.91. The molecule has 5 nitrogen and oxygen atoms in total. The van der Waals surface area contributed by atoms with E-state index >= 15 is 0 Å². The van der Waals surface area contributed by atoms with Crippen LogP contribution in [-0.4, -0.2) is 11.8 Å². The van der Waals surface area contributed by atoms with Crippen LogP contribution in [0, 0.1) is 5.92 Å². The normalized spacial score (nSPS) is 10.5. The van der Waals surface area contributed by atoms with E-state index in [1.165, 1.54) is 6.26 Å². The Balaban J connectivity index is 1.94. The third-order valence-electron chi connectivity index (χ3n) is 2.91. The molecule has 0 aliphatic heterocycles. The molecule has 2 amide bonds. The van der Waals surface area contributed by atoms with Crippen molar-refractivity contribution in [3.05, 3.63) is 54.0 Å². The first kappa shape index (κ1) is 16.2. The van der Waals surface area contributed by atoms with Crippen LogP contribution in [0.4, 0.5) is 0 Å². The average molecular weight is 318 g/mol. The van der Waals surface area contributed by atoms with E-state index in [-0.39, 0.29) is 17.6 Å². The summed E-state index contributed by atoms with van der Waals surface area (Å²) in [6, 6.07) is 11.7. The molecule has 0 fully saturated rings. The van der Waals surface area contributed by atoms with E-state index in [1.54, 1.807) is 31.7 Å². The predicted octanol–water partition coefficient (Wildman–Crippen LogP) is 2.99. The molecule has 2 aromatic rings. The first-order chi connectivity index (χ1) is 10.6. The number of carbonyl (C=O) groups excluding carboxylic acids is 2. The molecule has 116 valence electrons. The molecule has 1 aromatic carbocycles. The Morgan fingerprint density at radius 3 is 2.55 bits per heavy atom. The third-order valence-corrected chi connectivity index (χ3v) is 3.97. The van der Waals surface area contributed by atoms with Crippen molar-refractivity contribution in [1.29, 1.82) is 0 Å². The summed E-state index contributed by atoms with van der Waals surface area (Å²) in [4.78, 5) is 24.6. The summed E-state index contributed by atoms with van der Waals surface area (Å²) in [6.45, 7) is 3.49. The molecular formula is C16H18N2O3S. The van der Waals surface area contributed by atoms with Crippen molar-refractivity contribution in [2.24, 2.45) is 5.92 Å². The number of rotatable bonds is 5. The van der Waals surface area contributed by atoms with E-state index in [1.807, 2.05) is 30.3 Å². The lowest BCUT2D eigenvalue weighted by molar-refractivity contribution is -0.124. The number of benzene rings is 1. The number of thioether (sulfide) groups is 1. The molecule has 0 unspecified atom stereocenters. The van der Waals surface area contributed by atoms with Gasteiger partial charge in [0.05, 0.1) is 6.26 Å². The van der Waals surface area contributed by atoms with Crippen molar-refractivity contribution < 1.29 is 14.0 Å². The molecule has 0 atom stereocenters. The average Bonchev–Trinajstić information content (AvgIpc) is 2.99. The van der Waals surface area contributed by atoms with Crippen LogP contribution >= 0.6 is 11.8 Å². The van der Waals surface area contributed by atoms with Crippen molar-refractivity contribution in [3.8, 4) is 0 Å². The SMILES string of the molecule is CC(C)C(=O)NNC(=O)c1occc1CSc1ccccc1. The van der Waals surface area contributed by atoms with Crippen molar-refractivity contribution in [3.63, 3.8) is 0 Å². The van der Waals surface area contributed by atoms with Crippen LogP contribution in [0.5, 0.6) is 0 Å². The zero-order valence-electron chi connectivity index (χ0n) is 12.5. The maximum Gasteiger partial charge on any atom is 0.305 e. The maximum atomic E-state index is 12.0. The molecular weight excluding hydrogens is 300 g/mol. The Morgan fingerprint density at radius 2 is 1.86 bits per heavy atom. The van der Waals surface area contributed by atoms with Crippen LogP contribution < -0.4 is 10.9 Å². The van der Waals surface area contributed by atoms with Gasteiger partial charge in [-0.15, -0.1) is 11.8 Å². The lowest BCUT2D eigenvalue weighted by Gasteiger charge is -2.09. The fraction of sp³-hybridized carbons (Fsp3) is 0.250. The number of nitrogens with one attached hydrogen (secondary N) is 2. The van der Waals surface area contributed by atoms with Gasteiger partial charge in [-0.25, -0.2) is 0 Å². The van der Waals surface area contributed by atoms with E-state index in [0.717, 1.165) is 10.5 Å². The fourth-order valence-corrected chi connectivity index (χ4v) is 2.54. The molecule has 6 heteroatoms. The van der Waals surface area contributed by atoms with Crippen LogP contribution in [0.15, 0.2) is 52.0 Å². The van der Waals surface area contributed by atoms with Gasteiger partial charge in [0.2, 0.25) is 5.91 Å². The lowest BCUT2D eigenvalue weighted by atomic mass is 10.2. The third kappa shape index (κ3) is 4.39. The first-order valence-electron chi connectivity index (χ1n) is 6.92. The summed E-state index contributed by atoms with van der Waals surface area (Å²) in [7, 11) is 0. The number of carbonyl (C=O) groups is 2. The van der Waals surface area contributed by atoms with Crippen LogP contribution in [0.25, 0.3) is 0 Å². The van der Waals surface area contributed by atoms with Gasteiger partial charge in [0, 0.05) is 22.1 Å². The minimum absolute atomic E-state index is 0.204. The Labute approximate surface area is 133 Å². The smallest absolute Gasteiger partial charge is 0.305 e. The van der Waals surface area contributed by atoms with Gasteiger partial charge in [-0.1, -0.05) is 32.0 Å². The number of hydrazine groups is 1. The molecule has 0 saturated heterocycles. The van der Waals surface area contributed by atoms with Gasteiger partial charge >= 0.3 is 5.91 Å². The number of hydrogen-bond acceptors (Lipinski definition) is 4. The van der Waals surface area contributed by atoms with E-state index < -0.39 is 5.91 Å². The molecule has 0 saturated carbocycles. The summed E-state index contributed by atoms with van der Waals surface area (Å²) in [5, 5.41) is 0. The van der Waals surface area contributed by atoms with E-state index in [2.05, 4.69) is 10.9 Å². The van der Waals surface area contributed by atoms with Crippen molar-refractivity contribution in [1.82, 2.24) is 10.9 Å². The summed E-state index contributed by atoms with van der Waals surface area (Å²) in [6.07, 6.45) is 1.47. The largest absolute Gasteiger partial charge is 0.459 e. The Morgan fingerprint density at radius 1 is 1.14 bits per heavy atom. The topological polar surface area (TPSA) is 71.3 Å². The highest BCUT2D eigenvalue weighted by molar-refractivity contribution is 7.98. The molecule has 1 heterocycles. The lowest BCUT2D eigenvalue weighted by Crippen LogP contribution is -2.43. The summed E-state index contributed by atoms with van der Waals surface area (Å²) in [5.74, 6) is -0.0817. The van der Waals surface area contributed by atoms with Gasteiger partial charge in [-0.3, -0.25) is 20.4 Å². The standard InChI is InChI=1S/C16H18N2O3S/c1-11(2)15(19)17-18-16(20)14-12(8-9-21-14)10-22-13-6-4-3-5-7-13/h3-9,11H,10H2,1-2H3,(H,17,19)(H,18,20). The van der Waals surface area contributed by atoms with Gasteiger partial charge in [0.25, 0.3) is 0 Å². The number of hydrogen-bond donors (Lipinski definition) is 2. The van der Waals surface area contributed by atoms with Gasteiger partial charge in [0.15, 0.2) is 5.76 Å². The number of furan rings is 1. The van der Waals surface area contributed by atoms with Crippen molar-refractivity contribution in [2.45, 2.75) is 24.5 Å². The molecule has 0 aliphatic carbocycles. The van der Waals surface area contributed by atoms with E-state index in [0.29, 0.717) is 5.75 Å². The van der Waals surface area contributed by atoms with Gasteiger partial charge in [0.1, 0.15) is 0 Å². The molecule has 0 spiro atoms. The van der Waals surface area contributed by atoms with Crippen LogP contribution in [-0.2, 0) is 10.5 Å². The highest BCUT2D eigenvalue weighted by Crippen LogP contribution is 2.24. The molecule has 0 bridgehead atoms. The zero-order valence-corrected chi connectivity index (χ0v) is 13.3. The maximum absolute atomic E-state index is 12.0. The molecule has 0 radical (unpaired) electrons. The second-order valence-electron chi connectivity index (χ2n) is 4.97. The Hall–Kier alpha value is -2.21. The highest BCUT2D eigenvalue weighted by atomic mass is 32.2. The molecule has 0 aliphatic rings. The molecule has 22 heavy (non-hydrogen) atoms. The Bertz CT molecular complexity index is 638. The molecule has 2 rings (SSSR count). The quantitative estimate of drug-likeness (QED) is 0.657. The van der Waals surface area contributed by atoms with E-state index in [4.69, 9.17) is 4.42 Å². The predicted molar refractivity (Wildman–Crippen MR) is 85.2 cm³/mol. The van der Waals surface area contributed by atoms with Gasteiger partial charge in [-0.2, -0.15) is 0 Å². The second kappa shape index (κ2) is 7.70.